The highest BCUT2D eigenvalue weighted by Gasteiger charge is 2.11. The van der Waals surface area contributed by atoms with Crippen LogP contribution in [0.2, 0.25) is 0 Å². The monoisotopic (exact) mass is 269 g/mol. The van der Waals surface area contributed by atoms with Crippen molar-refractivity contribution in [3.8, 4) is 11.1 Å². The highest BCUT2D eigenvalue weighted by Crippen LogP contribution is 2.19. The molecular weight excluding hydrogens is 253 g/mol. The van der Waals surface area contributed by atoms with E-state index in [2.05, 4.69) is 0 Å². The fourth-order valence-electron chi connectivity index (χ4n) is 1.91. The van der Waals surface area contributed by atoms with Crippen molar-refractivity contribution in [2.75, 3.05) is 14.1 Å². The van der Waals surface area contributed by atoms with Gasteiger partial charge >= 0.3 is 7.12 Å². The third-order valence-corrected chi connectivity index (χ3v) is 3.08. The number of amides is 1. The quantitative estimate of drug-likeness (QED) is 0.808. The van der Waals surface area contributed by atoms with E-state index in [9.17, 15) is 4.79 Å². The van der Waals surface area contributed by atoms with Crippen LogP contribution in [0.4, 0.5) is 0 Å². The third kappa shape index (κ3) is 3.07. The summed E-state index contributed by atoms with van der Waals surface area (Å²) in [6, 6.07) is 14.3. The zero-order valence-corrected chi connectivity index (χ0v) is 11.4. The highest BCUT2D eigenvalue weighted by atomic mass is 16.4. The van der Waals surface area contributed by atoms with Crippen molar-refractivity contribution >= 4 is 18.5 Å². The van der Waals surface area contributed by atoms with Gasteiger partial charge in [-0.2, -0.15) is 0 Å². The topological polar surface area (TPSA) is 60.8 Å². The Kier molecular flexibility index (Phi) is 4.22. The molecule has 0 saturated carbocycles. The van der Waals surface area contributed by atoms with E-state index >= 15 is 0 Å². The van der Waals surface area contributed by atoms with E-state index < -0.39 is 7.12 Å². The van der Waals surface area contributed by atoms with E-state index in [4.69, 9.17) is 10.0 Å². The van der Waals surface area contributed by atoms with Crippen LogP contribution in [0, 0.1) is 0 Å². The summed E-state index contributed by atoms with van der Waals surface area (Å²) in [5.41, 5.74) is 3.02. The first-order valence-corrected chi connectivity index (χ1v) is 6.27. The van der Waals surface area contributed by atoms with Gasteiger partial charge in [0.2, 0.25) is 0 Å². The maximum atomic E-state index is 11.8. The van der Waals surface area contributed by atoms with Gasteiger partial charge in [0.25, 0.3) is 5.91 Å². The highest BCUT2D eigenvalue weighted by molar-refractivity contribution is 6.58. The minimum absolute atomic E-state index is 0.0321. The molecule has 0 heterocycles. The summed E-state index contributed by atoms with van der Waals surface area (Å²) < 4.78 is 0. The summed E-state index contributed by atoms with van der Waals surface area (Å²) in [6.07, 6.45) is 0. The summed E-state index contributed by atoms with van der Waals surface area (Å²) in [7, 11) is 1.98. The van der Waals surface area contributed by atoms with Gasteiger partial charge in [-0.15, -0.1) is 0 Å². The molecule has 0 bridgehead atoms. The Morgan fingerprint density at radius 3 is 1.75 bits per heavy atom. The summed E-state index contributed by atoms with van der Waals surface area (Å²) in [4.78, 5) is 13.3. The van der Waals surface area contributed by atoms with Crippen molar-refractivity contribution < 1.29 is 14.8 Å². The predicted molar refractivity (Wildman–Crippen MR) is 79.7 cm³/mol. The van der Waals surface area contributed by atoms with Crippen LogP contribution in [-0.2, 0) is 0 Å². The zero-order chi connectivity index (χ0) is 14.7. The largest absolute Gasteiger partial charge is 0.488 e. The number of carbonyl (C=O) groups excluding carboxylic acids is 1. The number of nitrogens with zero attached hydrogens (tertiary/aromatic N) is 1. The molecule has 2 aromatic rings. The summed E-state index contributed by atoms with van der Waals surface area (Å²) in [6.45, 7) is 0. The maximum absolute atomic E-state index is 11.8. The Morgan fingerprint density at radius 1 is 0.900 bits per heavy atom. The van der Waals surface area contributed by atoms with Gasteiger partial charge in [-0.3, -0.25) is 4.79 Å². The molecule has 0 aromatic heterocycles. The first-order valence-electron chi connectivity index (χ1n) is 6.27. The molecule has 2 aromatic carbocycles. The van der Waals surface area contributed by atoms with E-state index in [0.717, 1.165) is 11.1 Å². The first-order chi connectivity index (χ1) is 9.49. The molecule has 0 aliphatic heterocycles. The molecule has 5 heteroatoms. The lowest BCUT2D eigenvalue weighted by atomic mass is 9.80. The lowest BCUT2D eigenvalue weighted by molar-refractivity contribution is 0.0827. The van der Waals surface area contributed by atoms with E-state index in [-0.39, 0.29) is 5.91 Å². The van der Waals surface area contributed by atoms with Crippen LogP contribution < -0.4 is 5.46 Å². The van der Waals surface area contributed by atoms with Gasteiger partial charge in [-0.05, 0) is 28.7 Å². The second-order valence-corrected chi connectivity index (χ2v) is 4.77. The first kappa shape index (κ1) is 14.3. The van der Waals surface area contributed by atoms with Crippen molar-refractivity contribution in [2.24, 2.45) is 0 Å². The molecule has 0 unspecified atom stereocenters. The van der Waals surface area contributed by atoms with Crippen LogP contribution in [0.1, 0.15) is 10.4 Å². The molecule has 1 amide bonds. The van der Waals surface area contributed by atoms with Crippen molar-refractivity contribution in [1.29, 1.82) is 0 Å². The molecule has 4 nitrogen and oxygen atoms in total. The molecule has 0 aliphatic rings. The van der Waals surface area contributed by atoms with E-state index in [0.29, 0.717) is 11.0 Å². The smallest absolute Gasteiger partial charge is 0.423 e. The fourth-order valence-corrected chi connectivity index (χ4v) is 1.91. The molecule has 102 valence electrons. The lowest BCUT2D eigenvalue weighted by Gasteiger charge is -2.10. The van der Waals surface area contributed by atoms with E-state index in [1.807, 2.05) is 24.3 Å². The van der Waals surface area contributed by atoms with Crippen LogP contribution in [0.15, 0.2) is 48.5 Å². The average molecular weight is 269 g/mol. The van der Waals surface area contributed by atoms with Crippen LogP contribution in [0.5, 0.6) is 0 Å². The lowest BCUT2D eigenvalue weighted by Crippen LogP contribution is -2.29. The third-order valence-electron chi connectivity index (χ3n) is 3.08. The van der Waals surface area contributed by atoms with Crippen LogP contribution in [0.25, 0.3) is 11.1 Å². The van der Waals surface area contributed by atoms with Gasteiger partial charge in [0.05, 0.1) is 0 Å². The van der Waals surface area contributed by atoms with Gasteiger partial charge in [0.15, 0.2) is 0 Å². The molecule has 0 spiro atoms. The number of carbonyl (C=O) groups is 1. The number of rotatable bonds is 3. The van der Waals surface area contributed by atoms with Gasteiger partial charge in [-0.1, -0.05) is 36.4 Å². The molecule has 0 radical (unpaired) electrons. The van der Waals surface area contributed by atoms with Crippen molar-refractivity contribution in [3.05, 3.63) is 54.1 Å². The second kappa shape index (κ2) is 5.90. The average Bonchev–Trinajstić information content (AvgIpc) is 2.46. The molecule has 20 heavy (non-hydrogen) atoms. The SMILES string of the molecule is CN(C)C(=O)c1ccc(-c2ccc(B(O)O)cc2)cc1. The van der Waals surface area contributed by atoms with E-state index in [1.165, 1.54) is 4.90 Å². The molecule has 0 aliphatic carbocycles. The predicted octanol–water partition coefficient (Wildman–Crippen LogP) is 0.735. The summed E-state index contributed by atoms with van der Waals surface area (Å²) >= 11 is 0. The summed E-state index contributed by atoms with van der Waals surface area (Å²) in [5.74, 6) is -0.0321. The van der Waals surface area contributed by atoms with E-state index in [1.54, 1.807) is 38.4 Å². The standard InChI is InChI=1S/C15H16BNO3/c1-17(2)15(18)13-5-3-11(4-6-13)12-7-9-14(10-8-12)16(19)20/h3-10,19-20H,1-2H3. The molecule has 0 saturated heterocycles. The van der Waals surface area contributed by atoms with Gasteiger partial charge in [0, 0.05) is 19.7 Å². The van der Waals surface area contributed by atoms with Gasteiger partial charge in [0.1, 0.15) is 0 Å². The van der Waals surface area contributed by atoms with Gasteiger partial charge < -0.3 is 14.9 Å². The molecule has 2 rings (SSSR count). The number of benzene rings is 2. The number of hydrogen-bond donors (Lipinski definition) is 2. The van der Waals surface area contributed by atoms with Crippen LogP contribution >= 0.6 is 0 Å². The molecular formula is C15H16BNO3. The molecule has 0 atom stereocenters. The van der Waals surface area contributed by atoms with Crippen molar-refractivity contribution in [3.63, 3.8) is 0 Å². The second-order valence-electron chi connectivity index (χ2n) is 4.77. The zero-order valence-electron chi connectivity index (χ0n) is 11.4. The fraction of sp³-hybridized carbons (Fsp3) is 0.133. The normalized spacial score (nSPS) is 10.2. The van der Waals surface area contributed by atoms with Crippen molar-refractivity contribution in [1.82, 2.24) is 4.90 Å². The molecule has 2 N–H and O–H groups in total. The molecule has 0 fully saturated rings. The Hall–Kier alpha value is -2.11. The Labute approximate surface area is 118 Å². The van der Waals surface area contributed by atoms with Crippen molar-refractivity contribution in [2.45, 2.75) is 0 Å². The Morgan fingerprint density at radius 2 is 1.35 bits per heavy atom. The van der Waals surface area contributed by atoms with Gasteiger partial charge in [-0.25, -0.2) is 0 Å². The minimum atomic E-state index is -1.45. The van der Waals surface area contributed by atoms with Crippen LogP contribution in [-0.4, -0.2) is 42.1 Å². The summed E-state index contributed by atoms with van der Waals surface area (Å²) in [5, 5.41) is 18.1. The Bertz CT molecular complexity index is 592. The van der Waals surface area contributed by atoms with Crippen LogP contribution in [0.3, 0.4) is 0 Å². The Balaban J connectivity index is 2.23. The minimum Gasteiger partial charge on any atom is -0.423 e. The number of hydrogen-bond acceptors (Lipinski definition) is 3. The maximum Gasteiger partial charge on any atom is 0.488 e.